The van der Waals surface area contributed by atoms with E-state index in [2.05, 4.69) is 73.4 Å². The van der Waals surface area contributed by atoms with E-state index in [1.54, 1.807) is 11.3 Å². The summed E-state index contributed by atoms with van der Waals surface area (Å²) in [4.78, 5) is 4.55. The van der Waals surface area contributed by atoms with Crippen LogP contribution in [0.3, 0.4) is 0 Å². The maximum atomic E-state index is 4.55. The highest BCUT2D eigenvalue weighted by Gasteiger charge is 2.11. The number of aromatic nitrogens is 1. The second-order valence-electron chi connectivity index (χ2n) is 4.42. The Hall–Kier alpha value is -0.190. The molecule has 1 atom stereocenters. The van der Waals surface area contributed by atoms with E-state index < -0.39 is 0 Å². The van der Waals surface area contributed by atoms with Crippen LogP contribution in [0.2, 0.25) is 0 Å². The van der Waals surface area contributed by atoms with Gasteiger partial charge in [-0.2, -0.15) is 0 Å². The Morgan fingerprint density at radius 3 is 2.78 bits per heavy atom. The van der Waals surface area contributed by atoms with Gasteiger partial charge in [0.1, 0.15) is 0 Å². The van der Waals surface area contributed by atoms with Crippen molar-refractivity contribution in [1.29, 1.82) is 0 Å². The SMILES string of the molecule is Cc1nc(CC(CBr)Cc2cccc(Br)c2)cs1. The number of hydrogen-bond donors (Lipinski definition) is 0. The highest BCUT2D eigenvalue weighted by molar-refractivity contribution is 9.10. The summed E-state index contributed by atoms with van der Waals surface area (Å²) in [6.45, 7) is 2.06. The Morgan fingerprint density at radius 1 is 1.33 bits per heavy atom. The van der Waals surface area contributed by atoms with Crippen molar-refractivity contribution in [2.75, 3.05) is 5.33 Å². The first kappa shape index (κ1) is 14.2. The summed E-state index contributed by atoms with van der Waals surface area (Å²) in [5.41, 5.74) is 2.60. The van der Waals surface area contributed by atoms with Crippen LogP contribution >= 0.6 is 43.2 Å². The van der Waals surface area contributed by atoms with Crippen molar-refractivity contribution in [3.8, 4) is 0 Å². The van der Waals surface area contributed by atoms with Crippen LogP contribution in [0.15, 0.2) is 34.1 Å². The predicted molar refractivity (Wildman–Crippen MR) is 85.7 cm³/mol. The zero-order chi connectivity index (χ0) is 13.0. The fraction of sp³-hybridized carbons (Fsp3) is 0.357. The molecule has 1 unspecified atom stereocenters. The van der Waals surface area contributed by atoms with Gasteiger partial charge in [-0.15, -0.1) is 11.3 Å². The van der Waals surface area contributed by atoms with Gasteiger partial charge in [0.25, 0.3) is 0 Å². The number of hydrogen-bond acceptors (Lipinski definition) is 2. The standard InChI is InChI=1S/C14H15Br2NS/c1-10-17-14(9-18-10)7-12(8-15)5-11-3-2-4-13(16)6-11/h2-4,6,9,12H,5,7-8H2,1H3. The van der Waals surface area contributed by atoms with Crippen LogP contribution in [0.5, 0.6) is 0 Å². The minimum Gasteiger partial charge on any atom is -0.247 e. The normalized spacial score (nSPS) is 12.6. The van der Waals surface area contributed by atoms with Crippen molar-refractivity contribution >= 4 is 43.2 Å². The molecule has 0 radical (unpaired) electrons. The molecule has 1 aromatic carbocycles. The monoisotopic (exact) mass is 387 g/mol. The Labute approximate surface area is 129 Å². The topological polar surface area (TPSA) is 12.9 Å². The molecule has 0 aliphatic heterocycles. The van der Waals surface area contributed by atoms with Gasteiger partial charge in [-0.1, -0.05) is 44.0 Å². The van der Waals surface area contributed by atoms with E-state index in [4.69, 9.17) is 0 Å². The number of rotatable bonds is 5. The third-order valence-corrected chi connectivity index (χ3v) is 5.03. The van der Waals surface area contributed by atoms with E-state index in [1.807, 2.05) is 0 Å². The van der Waals surface area contributed by atoms with Crippen LogP contribution in [0, 0.1) is 12.8 Å². The molecule has 0 aliphatic rings. The van der Waals surface area contributed by atoms with Crippen molar-refractivity contribution in [2.24, 2.45) is 5.92 Å². The smallest absolute Gasteiger partial charge is 0.0897 e. The van der Waals surface area contributed by atoms with Gasteiger partial charge in [0, 0.05) is 15.2 Å². The lowest BCUT2D eigenvalue weighted by Crippen LogP contribution is -2.10. The lowest BCUT2D eigenvalue weighted by atomic mass is 9.97. The number of halogens is 2. The predicted octanol–water partition coefficient (Wildman–Crippen LogP) is 5.01. The van der Waals surface area contributed by atoms with Crippen LogP contribution in [0.4, 0.5) is 0 Å². The Balaban J connectivity index is 2.01. The van der Waals surface area contributed by atoms with Gasteiger partial charge in [-0.25, -0.2) is 4.98 Å². The molecule has 96 valence electrons. The second-order valence-corrected chi connectivity index (χ2v) is 7.04. The fourth-order valence-corrected chi connectivity index (χ4v) is 3.51. The van der Waals surface area contributed by atoms with E-state index in [0.29, 0.717) is 5.92 Å². The average molecular weight is 389 g/mol. The van der Waals surface area contributed by atoms with Crippen molar-refractivity contribution < 1.29 is 0 Å². The summed E-state index contributed by atoms with van der Waals surface area (Å²) in [6, 6.07) is 8.54. The van der Waals surface area contributed by atoms with Gasteiger partial charge in [-0.05, 0) is 43.4 Å². The zero-order valence-electron chi connectivity index (χ0n) is 10.2. The first-order valence-electron chi connectivity index (χ1n) is 5.89. The minimum absolute atomic E-state index is 0.598. The van der Waals surface area contributed by atoms with E-state index in [0.717, 1.165) is 27.7 Å². The summed E-state index contributed by atoms with van der Waals surface area (Å²) in [5.74, 6) is 0.598. The summed E-state index contributed by atoms with van der Waals surface area (Å²) < 4.78 is 1.15. The van der Waals surface area contributed by atoms with Crippen molar-refractivity contribution in [3.05, 3.63) is 50.4 Å². The number of nitrogens with zero attached hydrogens (tertiary/aromatic N) is 1. The fourth-order valence-electron chi connectivity index (χ4n) is 1.98. The van der Waals surface area contributed by atoms with Crippen molar-refractivity contribution in [1.82, 2.24) is 4.98 Å². The largest absolute Gasteiger partial charge is 0.247 e. The van der Waals surface area contributed by atoms with Gasteiger partial charge in [0.2, 0.25) is 0 Å². The molecule has 2 aromatic rings. The van der Waals surface area contributed by atoms with E-state index in [-0.39, 0.29) is 0 Å². The molecular weight excluding hydrogens is 374 g/mol. The molecule has 0 saturated heterocycles. The molecular formula is C14H15Br2NS. The molecule has 18 heavy (non-hydrogen) atoms. The molecule has 0 saturated carbocycles. The molecule has 1 heterocycles. The van der Waals surface area contributed by atoms with Crippen LogP contribution < -0.4 is 0 Å². The van der Waals surface area contributed by atoms with Crippen molar-refractivity contribution in [3.63, 3.8) is 0 Å². The number of aryl methyl sites for hydroxylation is 1. The quantitative estimate of drug-likeness (QED) is 0.656. The van der Waals surface area contributed by atoms with Crippen molar-refractivity contribution in [2.45, 2.75) is 19.8 Å². The molecule has 0 aliphatic carbocycles. The molecule has 2 rings (SSSR count). The third kappa shape index (κ3) is 4.18. The van der Waals surface area contributed by atoms with Gasteiger partial charge in [0.15, 0.2) is 0 Å². The van der Waals surface area contributed by atoms with Crippen LogP contribution in [0.25, 0.3) is 0 Å². The number of thiazole rings is 1. The molecule has 0 bridgehead atoms. The van der Waals surface area contributed by atoms with E-state index >= 15 is 0 Å². The zero-order valence-corrected chi connectivity index (χ0v) is 14.2. The van der Waals surface area contributed by atoms with Gasteiger partial charge < -0.3 is 0 Å². The van der Waals surface area contributed by atoms with E-state index in [1.165, 1.54) is 11.3 Å². The summed E-state index contributed by atoms with van der Waals surface area (Å²) in [6.07, 6.45) is 2.13. The molecule has 0 N–H and O–H groups in total. The summed E-state index contributed by atoms with van der Waals surface area (Å²) in [5, 5.41) is 4.34. The summed E-state index contributed by atoms with van der Waals surface area (Å²) in [7, 11) is 0. The maximum absolute atomic E-state index is 4.55. The Kier molecular flexibility index (Phi) is 5.39. The van der Waals surface area contributed by atoms with Gasteiger partial charge in [-0.3, -0.25) is 0 Å². The lowest BCUT2D eigenvalue weighted by molar-refractivity contribution is 0.583. The molecule has 1 aromatic heterocycles. The Morgan fingerprint density at radius 2 is 2.17 bits per heavy atom. The number of benzene rings is 1. The first-order chi connectivity index (χ1) is 8.67. The lowest BCUT2D eigenvalue weighted by Gasteiger charge is -2.13. The van der Waals surface area contributed by atoms with Crippen LogP contribution in [0.1, 0.15) is 16.3 Å². The second kappa shape index (κ2) is 6.83. The van der Waals surface area contributed by atoms with Gasteiger partial charge in [0.05, 0.1) is 10.7 Å². The first-order valence-corrected chi connectivity index (χ1v) is 8.68. The molecule has 0 amide bonds. The van der Waals surface area contributed by atoms with E-state index in [9.17, 15) is 0 Å². The maximum Gasteiger partial charge on any atom is 0.0897 e. The van der Waals surface area contributed by atoms with Gasteiger partial charge >= 0.3 is 0 Å². The average Bonchev–Trinajstić information content (AvgIpc) is 2.74. The molecule has 4 heteroatoms. The highest BCUT2D eigenvalue weighted by Crippen LogP contribution is 2.20. The minimum atomic E-state index is 0.598. The molecule has 1 nitrogen and oxygen atoms in total. The molecule has 0 fully saturated rings. The molecule has 0 spiro atoms. The third-order valence-electron chi connectivity index (χ3n) is 2.80. The number of alkyl halides is 1. The summed E-state index contributed by atoms with van der Waals surface area (Å²) >= 11 is 8.87. The Bertz CT molecular complexity index is 510. The highest BCUT2D eigenvalue weighted by atomic mass is 79.9. The van der Waals surface area contributed by atoms with Crippen LogP contribution in [-0.4, -0.2) is 10.3 Å². The van der Waals surface area contributed by atoms with Crippen LogP contribution in [-0.2, 0) is 12.8 Å².